The van der Waals surface area contributed by atoms with Gasteiger partial charge in [-0.15, -0.1) is 0 Å². The van der Waals surface area contributed by atoms with Gasteiger partial charge >= 0.3 is 52.4 Å². The molecule has 0 bridgehead atoms. The second-order valence-electron chi connectivity index (χ2n) is 6.04. The molecule has 19 heteroatoms. The molecule has 8 N–H and O–H groups in total. The molecule has 2 saturated heterocycles. The average Bonchev–Trinajstić information content (AvgIpc) is 3.27. The van der Waals surface area contributed by atoms with Gasteiger partial charge in [-0.25, -0.2) is 0 Å². The van der Waals surface area contributed by atoms with E-state index >= 15 is 0 Å². The predicted octanol–water partition coefficient (Wildman–Crippen LogP) is -9.96. The van der Waals surface area contributed by atoms with Crippen molar-refractivity contribution in [3.8, 4) is 0 Å². The Morgan fingerprint density at radius 3 is 1.26 bits per heavy atom. The Balaban J connectivity index is 0.000000562. The molecule has 0 aromatic heterocycles. The van der Waals surface area contributed by atoms with E-state index in [1.807, 2.05) is 0 Å². The summed E-state index contributed by atoms with van der Waals surface area (Å²) in [5.74, 6) is -3.77. The van der Waals surface area contributed by atoms with Crippen molar-refractivity contribution in [1.29, 1.82) is 0 Å². The Kier molecular flexibility index (Phi) is 14.1. The van der Waals surface area contributed by atoms with Crippen molar-refractivity contribution in [1.82, 2.24) is 0 Å². The van der Waals surface area contributed by atoms with Crippen molar-refractivity contribution in [2.24, 2.45) is 0 Å². The van der Waals surface area contributed by atoms with E-state index in [4.69, 9.17) is 30.5 Å². The smallest absolute Gasteiger partial charge is 0.547 e. The van der Waals surface area contributed by atoms with E-state index in [9.17, 15) is 30.0 Å². The molecule has 2 fully saturated rings. The molecule has 0 radical (unpaired) electrons. The van der Waals surface area contributed by atoms with E-state index < -0.39 is 88.6 Å². The summed E-state index contributed by atoms with van der Waals surface area (Å²) < 4.78 is 18.3. The van der Waals surface area contributed by atoms with Gasteiger partial charge in [0.15, 0.2) is 0 Å². The molecule has 0 aliphatic carbocycles. The molecule has 0 saturated carbocycles. The van der Waals surface area contributed by atoms with Crippen molar-refractivity contribution in [2.75, 3.05) is 13.2 Å². The fraction of sp³-hybridized carbons (Fsp3) is 0.833. The fourth-order valence-corrected chi connectivity index (χ4v) is 2.50. The van der Waals surface area contributed by atoms with E-state index in [0.29, 0.717) is 0 Å². The summed E-state index contributed by atoms with van der Waals surface area (Å²) >= 11 is 0. The Hall–Kier alpha value is -0.150. The van der Waals surface area contributed by atoms with Crippen LogP contribution < -0.4 is 10.2 Å². The van der Waals surface area contributed by atoms with Gasteiger partial charge in [0.05, 0.1) is 37.4 Å². The molecule has 0 aromatic carbocycles. The van der Waals surface area contributed by atoms with Gasteiger partial charge in [0.2, 0.25) is 0 Å². The van der Waals surface area contributed by atoms with Gasteiger partial charge in [0.1, 0.15) is 36.6 Å². The first-order valence-corrected chi connectivity index (χ1v) is 8.28. The molecule has 2 rings (SSSR count). The number of aliphatic carboxylic acids is 2. The van der Waals surface area contributed by atoms with Crippen LogP contribution in [0.4, 0.5) is 0 Å². The van der Waals surface area contributed by atoms with Crippen LogP contribution in [0.5, 0.6) is 0 Å². The van der Waals surface area contributed by atoms with E-state index in [1.54, 1.807) is 0 Å². The molecule has 16 nitrogen and oxygen atoms in total. The SMILES string of the molecule is O=C([O-])[C@H](O)[C@@H](O)[C@@H]1OB(O)O[C@@H]1CO.O=C([O-])[C@H](O)[C@@H](O)[C@@H]1OB(O)O[C@@H]1CO.[Ca+2]. The number of carboxylic acid groups (broad SMARTS) is 2. The Bertz CT molecular complexity index is 525. The Labute approximate surface area is 204 Å². The van der Waals surface area contributed by atoms with Crippen molar-refractivity contribution in [2.45, 2.75) is 48.8 Å². The first-order chi connectivity index (χ1) is 13.9. The van der Waals surface area contributed by atoms with Crippen LogP contribution in [0.15, 0.2) is 0 Å². The van der Waals surface area contributed by atoms with Gasteiger partial charge < -0.3 is 79.1 Å². The van der Waals surface area contributed by atoms with Gasteiger partial charge in [0, 0.05) is 0 Å². The Morgan fingerprint density at radius 2 is 1.03 bits per heavy atom. The number of hydrogen-bond acceptors (Lipinski definition) is 16. The first-order valence-electron chi connectivity index (χ1n) is 8.28. The number of hydrogen-bond donors (Lipinski definition) is 8. The maximum absolute atomic E-state index is 10.2. The van der Waals surface area contributed by atoms with Crippen LogP contribution >= 0.6 is 0 Å². The third-order valence-electron chi connectivity index (χ3n) is 4.03. The molecule has 8 atom stereocenters. The number of carboxylic acids is 2. The second-order valence-corrected chi connectivity index (χ2v) is 6.04. The second kappa shape index (κ2) is 14.2. The summed E-state index contributed by atoms with van der Waals surface area (Å²) in [6.07, 6.45) is -13.0. The molecule has 0 amide bonds. The topological polar surface area (TPSA) is 279 Å². The first kappa shape index (κ1) is 30.8. The predicted molar refractivity (Wildman–Crippen MR) is 89.4 cm³/mol. The number of rotatable bonds is 8. The third kappa shape index (κ3) is 8.61. The monoisotopic (exact) mass is 482 g/mol. The zero-order valence-corrected chi connectivity index (χ0v) is 17.9. The number of carbonyl (C=O) groups is 2. The molecular weight excluding hydrogens is 462 g/mol. The van der Waals surface area contributed by atoms with E-state index in [0.717, 1.165) is 0 Å². The summed E-state index contributed by atoms with van der Waals surface area (Å²) in [6.45, 7) is -1.20. The van der Waals surface area contributed by atoms with Crippen LogP contribution in [0, 0.1) is 0 Å². The number of aliphatic hydroxyl groups is 6. The van der Waals surface area contributed by atoms with Gasteiger partial charge in [0.25, 0.3) is 0 Å². The van der Waals surface area contributed by atoms with Crippen LogP contribution in [0.2, 0.25) is 0 Å². The summed E-state index contributed by atoms with van der Waals surface area (Å²) in [7, 11) is -3.34. The molecule has 0 aromatic rings. The van der Waals surface area contributed by atoms with Crippen molar-refractivity contribution < 1.29 is 79.1 Å². The van der Waals surface area contributed by atoms with Gasteiger partial charge in [-0.05, 0) is 0 Å². The van der Waals surface area contributed by atoms with Crippen LogP contribution in [0.3, 0.4) is 0 Å². The quantitative estimate of drug-likeness (QED) is 0.149. The minimum Gasteiger partial charge on any atom is -0.547 e. The minimum atomic E-state index is -2.18. The Morgan fingerprint density at radius 1 is 0.742 bits per heavy atom. The maximum atomic E-state index is 10.2. The molecule has 0 unspecified atom stereocenters. The van der Waals surface area contributed by atoms with Crippen molar-refractivity contribution in [3.05, 3.63) is 0 Å². The zero-order chi connectivity index (χ0) is 23.2. The van der Waals surface area contributed by atoms with E-state index in [2.05, 4.69) is 18.6 Å². The number of carbonyl (C=O) groups excluding carboxylic acids is 2. The van der Waals surface area contributed by atoms with Gasteiger partial charge in [-0.1, -0.05) is 0 Å². The largest absolute Gasteiger partial charge is 2.00 e. The number of aliphatic hydroxyl groups excluding tert-OH is 6. The average molecular weight is 482 g/mol. The fourth-order valence-electron chi connectivity index (χ4n) is 2.50. The van der Waals surface area contributed by atoms with Crippen LogP contribution in [0.1, 0.15) is 0 Å². The standard InChI is InChI=1S/2C6H11BO8.Ca/c2*8-1-2-5(15-7(13)14-2)3(9)4(10)6(11)12;/h2*2-5,8-10,13H,1H2,(H,11,12);/q;;+2/p-2/t2*2-,3-,4-,5-;/m11./s1. The summed E-state index contributed by atoms with van der Waals surface area (Å²) in [6, 6.07) is 0. The molecule has 2 heterocycles. The zero-order valence-electron chi connectivity index (χ0n) is 15.7. The molecule has 2 aliphatic rings. The molecular formula is C12H20B2CaO16. The maximum Gasteiger partial charge on any atom is 2.00 e. The summed E-state index contributed by atoms with van der Waals surface area (Å²) in [5, 5.41) is 92.2. The van der Waals surface area contributed by atoms with Crippen LogP contribution in [-0.2, 0) is 28.2 Å². The van der Waals surface area contributed by atoms with Crippen molar-refractivity contribution in [3.63, 3.8) is 0 Å². The third-order valence-corrected chi connectivity index (χ3v) is 4.03. The van der Waals surface area contributed by atoms with Gasteiger partial charge in [-0.3, -0.25) is 0 Å². The molecule has 0 spiro atoms. The summed E-state index contributed by atoms with van der Waals surface area (Å²) in [4.78, 5) is 20.5. The van der Waals surface area contributed by atoms with E-state index in [1.165, 1.54) is 0 Å². The van der Waals surface area contributed by atoms with Crippen molar-refractivity contribution >= 4 is 64.3 Å². The molecule has 31 heavy (non-hydrogen) atoms. The summed E-state index contributed by atoms with van der Waals surface area (Å²) in [5.41, 5.74) is 0. The van der Waals surface area contributed by atoms with Gasteiger partial charge in [-0.2, -0.15) is 0 Å². The minimum absolute atomic E-state index is 0. The molecule has 172 valence electrons. The van der Waals surface area contributed by atoms with E-state index in [-0.39, 0.29) is 37.7 Å². The molecule has 2 aliphatic heterocycles. The normalized spacial score (nSPS) is 29.3. The van der Waals surface area contributed by atoms with Crippen LogP contribution in [0.25, 0.3) is 0 Å². The van der Waals surface area contributed by atoms with Crippen LogP contribution in [-0.4, -0.2) is 167 Å².